The third-order valence-corrected chi connectivity index (χ3v) is 4.56. The lowest BCUT2D eigenvalue weighted by molar-refractivity contribution is 0.628. The van der Waals surface area contributed by atoms with Crippen molar-refractivity contribution in [2.45, 2.75) is 10.9 Å². The van der Waals surface area contributed by atoms with Gasteiger partial charge in [0.05, 0.1) is 6.20 Å². The summed E-state index contributed by atoms with van der Waals surface area (Å²) in [7, 11) is 0. The largest absolute Gasteiger partial charge is 0.350 e. The van der Waals surface area contributed by atoms with Gasteiger partial charge >= 0.3 is 5.69 Å². The van der Waals surface area contributed by atoms with Crippen molar-refractivity contribution in [1.29, 1.82) is 0 Å². The van der Waals surface area contributed by atoms with E-state index in [-0.39, 0.29) is 11.5 Å². The maximum Gasteiger partial charge on any atom is 0.350 e. The van der Waals surface area contributed by atoms with Crippen molar-refractivity contribution in [3.63, 3.8) is 0 Å². The van der Waals surface area contributed by atoms with Gasteiger partial charge in [-0.2, -0.15) is 9.61 Å². The third-order valence-electron chi connectivity index (χ3n) is 3.61. The van der Waals surface area contributed by atoms with Crippen LogP contribution in [0, 0.1) is 5.82 Å². The Morgan fingerprint density at radius 3 is 2.76 bits per heavy atom. The molecule has 0 aliphatic rings. The Morgan fingerprint density at radius 1 is 1.16 bits per heavy atom. The Morgan fingerprint density at radius 2 is 2.00 bits per heavy atom. The first-order valence-corrected chi connectivity index (χ1v) is 8.45. The first kappa shape index (κ1) is 15.5. The predicted molar refractivity (Wildman–Crippen MR) is 92.8 cm³/mol. The highest BCUT2D eigenvalue weighted by molar-refractivity contribution is 7.98. The summed E-state index contributed by atoms with van der Waals surface area (Å²) < 4.78 is 14.3. The Kier molecular flexibility index (Phi) is 4.02. The number of halogens is 1. The van der Waals surface area contributed by atoms with Crippen LogP contribution in [0.25, 0.3) is 16.8 Å². The zero-order valence-electron chi connectivity index (χ0n) is 12.9. The Labute approximate surface area is 145 Å². The van der Waals surface area contributed by atoms with Crippen molar-refractivity contribution in [2.24, 2.45) is 0 Å². The van der Waals surface area contributed by atoms with Crippen LogP contribution in [0.2, 0.25) is 0 Å². The minimum absolute atomic E-state index is 0.321. The van der Waals surface area contributed by atoms with E-state index in [4.69, 9.17) is 0 Å². The van der Waals surface area contributed by atoms with Crippen LogP contribution in [0.1, 0.15) is 5.56 Å². The molecule has 0 aliphatic heterocycles. The second kappa shape index (κ2) is 6.48. The van der Waals surface area contributed by atoms with Crippen LogP contribution in [-0.2, 0) is 5.75 Å². The number of hydrogen-bond acceptors (Lipinski definition) is 5. The van der Waals surface area contributed by atoms with Crippen molar-refractivity contribution in [1.82, 2.24) is 24.6 Å². The van der Waals surface area contributed by atoms with Crippen LogP contribution in [0.15, 0.2) is 64.9 Å². The van der Waals surface area contributed by atoms with Crippen molar-refractivity contribution in [2.75, 3.05) is 0 Å². The number of aromatic amines is 1. The number of hydrogen-bond donors (Lipinski definition) is 1. The first-order valence-electron chi connectivity index (χ1n) is 7.46. The van der Waals surface area contributed by atoms with Crippen LogP contribution < -0.4 is 5.69 Å². The number of H-pyrrole nitrogens is 1. The van der Waals surface area contributed by atoms with Crippen LogP contribution in [0.5, 0.6) is 0 Å². The maximum atomic E-state index is 13.1. The fourth-order valence-corrected chi connectivity index (χ4v) is 3.19. The summed E-state index contributed by atoms with van der Waals surface area (Å²) in [6, 6.07) is 9.82. The van der Waals surface area contributed by atoms with Crippen LogP contribution >= 0.6 is 11.8 Å². The van der Waals surface area contributed by atoms with Gasteiger partial charge in [-0.3, -0.25) is 9.97 Å². The van der Waals surface area contributed by atoms with Gasteiger partial charge < -0.3 is 0 Å². The number of thioether (sulfide) groups is 1. The van der Waals surface area contributed by atoms with Gasteiger partial charge in [-0.1, -0.05) is 30.0 Å². The summed E-state index contributed by atoms with van der Waals surface area (Å²) >= 11 is 1.40. The third kappa shape index (κ3) is 3.16. The number of fused-ring (bicyclic) bond motifs is 1. The van der Waals surface area contributed by atoms with E-state index in [9.17, 15) is 9.18 Å². The normalized spacial score (nSPS) is 11.1. The molecule has 0 spiro atoms. The molecule has 0 saturated carbocycles. The van der Waals surface area contributed by atoms with E-state index in [1.165, 1.54) is 28.4 Å². The SMILES string of the molecule is O=c1[nH]c(SCc2cccnc2)nc2c(-c3ccc(F)cc3)cnn12. The molecule has 0 bridgehead atoms. The van der Waals surface area contributed by atoms with Crippen LogP contribution in [0.4, 0.5) is 4.39 Å². The number of pyridine rings is 1. The second-order valence-electron chi connectivity index (χ2n) is 5.30. The van der Waals surface area contributed by atoms with E-state index >= 15 is 0 Å². The summed E-state index contributed by atoms with van der Waals surface area (Å²) in [6.07, 6.45) is 5.04. The quantitative estimate of drug-likeness (QED) is 0.571. The zero-order chi connectivity index (χ0) is 17.2. The molecule has 1 N–H and O–H groups in total. The van der Waals surface area contributed by atoms with E-state index in [0.717, 1.165) is 11.1 Å². The molecule has 8 heteroatoms. The second-order valence-corrected chi connectivity index (χ2v) is 6.26. The molecule has 0 amide bonds. The molecule has 124 valence electrons. The summed E-state index contributed by atoms with van der Waals surface area (Å²) in [6.45, 7) is 0. The molecule has 1 aromatic carbocycles. The molecule has 0 unspecified atom stereocenters. The molecule has 4 aromatic rings. The van der Waals surface area contributed by atoms with Gasteiger partial charge in [0.15, 0.2) is 10.8 Å². The van der Waals surface area contributed by atoms with E-state index in [0.29, 0.717) is 22.1 Å². The Balaban J connectivity index is 1.71. The van der Waals surface area contributed by atoms with E-state index in [2.05, 4.69) is 20.1 Å². The molecule has 3 heterocycles. The average Bonchev–Trinajstić information content (AvgIpc) is 3.06. The molecule has 4 rings (SSSR count). The number of rotatable bonds is 4. The zero-order valence-corrected chi connectivity index (χ0v) is 13.7. The van der Waals surface area contributed by atoms with Crippen LogP contribution in [-0.4, -0.2) is 24.6 Å². The number of aromatic nitrogens is 5. The molecule has 0 fully saturated rings. The van der Waals surface area contributed by atoms with Gasteiger partial charge in [0, 0.05) is 23.7 Å². The van der Waals surface area contributed by atoms with Crippen molar-refractivity contribution >= 4 is 17.4 Å². The van der Waals surface area contributed by atoms with Crippen LogP contribution in [0.3, 0.4) is 0 Å². The maximum absolute atomic E-state index is 13.1. The standard InChI is InChI=1S/C17H12FN5OS/c18-13-5-3-12(4-6-13)14-9-20-23-15(14)21-16(22-17(23)24)25-10-11-2-1-7-19-8-11/h1-9H,10H2,(H,21,22,24). The lowest BCUT2D eigenvalue weighted by atomic mass is 10.1. The van der Waals surface area contributed by atoms with Crippen molar-refractivity contribution in [3.8, 4) is 11.1 Å². The van der Waals surface area contributed by atoms with Gasteiger partial charge in [-0.15, -0.1) is 0 Å². The monoisotopic (exact) mass is 353 g/mol. The fourth-order valence-electron chi connectivity index (χ4n) is 2.40. The summed E-state index contributed by atoms with van der Waals surface area (Å²) in [4.78, 5) is 23.5. The number of benzene rings is 1. The molecular weight excluding hydrogens is 341 g/mol. The van der Waals surface area contributed by atoms with Gasteiger partial charge in [0.25, 0.3) is 0 Å². The summed E-state index contributed by atoms with van der Waals surface area (Å²) in [5, 5.41) is 4.56. The van der Waals surface area contributed by atoms with Gasteiger partial charge in [0.2, 0.25) is 0 Å². The molecule has 0 radical (unpaired) electrons. The topological polar surface area (TPSA) is 75.9 Å². The Bertz CT molecular complexity index is 1080. The molecule has 25 heavy (non-hydrogen) atoms. The molecule has 3 aromatic heterocycles. The molecule has 6 nitrogen and oxygen atoms in total. The molecule has 0 aliphatic carbocycles. The lowest BCUT2D eigenvalue weighted by Gasteiger charge is -2.03. The van der Waals surface area contributed by atoms with E-state index < -0.39 is 0 Å². The van der Waals surface area contributed by atoms with Gasteiger partial charge in [-0.05, 0) is 29.3 Å². The van der Waals surface area contributed by atoms with Crippen molar-refractivity contribution in [3.05, 3.63) is 76.9 Å². The number of nitrogens with zero attached hydrogens (tertiary/aromatic N) is 4. The highest BCUT2D eigenvalue weighted by Gasteiger charge is 2.12. The van der Waals surface area contributed by atoms with E-state index in [1.807, 2.05) is 12.1 Å². The Hall–Kier alpha value is -3.00. The van der Waals surface area contributed by atoms with E-state index in [1.54, 1.807) is 30.7 Å². The molecular formula is C17H12FN5OS. The average molecular weight is 353 g/mol. The number of nitrogens with one attached hydrogen (secondary N) is 1. The first-order chi connectivity index (χ1) is 12.2. The summed E-state index contributed by atoms with van der Waals surface area (Å²) in [5.74, 6) is 0.311. The molecule has 0 saturated heterocycles. The van der Waals surface area contributed by atoms with Gasteiger partial charge in [-0.25, -0.2) is 14.2 Å². The molecule has 0 atom stereocenters. The fraction of sp³-hybridized carbons (Fsp3) is 0.0588. The highest BCUT2D eigenvalue weighted by atomic mass is 32.2. The highest BCUT2D eigenvalue weighted by Crippen LogP contribution is 2.24. The summed E-state index contributed by atoms with van der Waals surface area (Å²) in [5.41, 5.74) is 2.52. The lowest BCUT2D eigenvalue weighted by Crippen LogP contribution is -2.19. The minimum atomic E-state index is -0.368. The minimum Gasteiger partial charge on any atom is -0.285 e. The smallest absolute Gasteiger partial charge is 0.285 e. The van der Waals surface area contributed by atoms with Crippen molar-refractivity contribution < 1.29 is 4.39 Å². The van der Waals surface area contributed by atoms with Gasteiger partial charge in [0.1, 0.15) is 5.82 Å². The predicted octanol–water partition coefficient (Wildman–Crippen LogP) is 2.91.